The molecule has 0 aromatic heterocycles. The summed E-state index contributed by atoms with van der Waals surface area (Å²) in [5, 5.41) is 3.02. The monoisotopic (exact) mass is 242 g/mol. The summed E-state index contributed by atoms with van der Waals surface area (Å²) in [5.41, 5.74) is 0. The predicted molar refractivity (Wildman–Crippen MR) is 74.0 cm³/mol. The molecule has 1 amide bonds. The summed E-state index contributed by atoms with van der Waals surface area (Å²) in [5.74, 6) is 0.807. The van der Waals surface area contributed by atoms with E-state index in [9.17, 15) is 4.79 Å². The second-order valence-electron chi connectivity index (χ2n) is 5.91. The molecule has 1 N–H and O–H groups in total. The number of hydrogen-bond donors (Lipinski definition) is 1. The second-order valence-corrected chi connectivity index (χ2v) is 5.91. The van der Waals surface area contributed by atoms with Crippen LogP contribution in [0, 0.1) is 5.92 Å². The lowest BCUT2D eigenvalue weighted by Crippen LogP contribution is -2.49. The highest BCUT2D eigenvalue weighted by atomic mass is 16.2. The molecule has 0 heterocycles. The lowest BCUT2D eigenvalue weighted by atomic mass is 10.0. The van der Waals surface area contributed by atoms with Gasteiger partial charge in [-0.25, -0.2) is 0 Å². The molecule has 0 bridgehead atoms. The zero-order chi connectivity index (χ0) is 13.6. The van der Waals surface area contributed by atoms with Crippen LogP contribution in [-0.4, -0.2) is 36.0 Å². The summed E-state index contributed by atoms with van der Waals surface area (Å²) in [4.78, 5) is 14.3. The SMILES string of the molecule is CC(C)CCC(C(=O)NC(C)C)N(C)C(C)C. The Morgan fingerprint density at radius 3 is 1.94 bits per heavy atom. The Morgan fingerprint density at radius 1 is 1.06 bits per heavy atom. The minimum atomic E-state index is -0.000185. The third-order valence-electron chi connectivity index (χ3n) is 3.06. The van der Waals surface area contributed by atoms with E-state index in [1.54, 1.807) is 0 Å². The molecule has 102 valence electrons. The standard InChI is InChI=1S/C14H30N2O/c1-10(2)8-9-13(16(7)12(5)6)14(17)15-11(3)4/h10-13H,8-9H2,1-7H3,(H,15,17). The summed E-state index contributed by atoms with van der Waals surface area (Å²) in [7, 11) is 2.04. The van der Waals surface area contributed by atoms with E-state index in [4.69, 9.17) is 0 Å². The molecule has 0 aliphatic rings. The van der Waals surface area contributed by atoms with Crippen molar-refractivity contribution in [3.05, 3.63) is 0 Å². The number of carbonyl (C=O) groups excluding carboxylic acids is 1. The average molecular weight is 242 g/mol. The van der Waals surface area contributed by atoms with E-state index < -0.39 is 0 Å². The number of carbonyl (C=O) groups is 1. The molecule has 0 aliphatic heterocycles. The number of nitrogens with one attached hydrogen (secondary N) is 1. The van der Waals surface area contributed by atoms with Crippen molar-refractivity contribution in [3.63, 3.8) is 0 Å². The quantitative estimate of drug-likeness (QED) is 0.744. The van der Waals surface area contributed by atoms with E-state index in [0.717, 1.165) is 12.8 Å². The van der Waals surface area contributed by atoms with Gasteiger partial charge >= 0.3 is 0 Å². The predicted octanol–water partition coefficient (Wildman–Crippen LogP) is 2.66. The van der Waals surface area contributed by atoms with Gasteiger partial charge in [-0.2, -0.15) is 0 Å². The Hall–Kier alpha value is -0.570. The van der Waals surface area contributed by atoms with Crippen molar-refractivity contribution in [3.8, 4) is 0 Å². The zero-order valence-electron chi connectivity index (χ0n) is 12.6. The molecule has 1 unspecified atom stereocenters. The second kappa shape index (κ2) is 7.70. The van der Waals surface area contributed by atoms with Crippen LogP contribution in [0.4, 0.5) is 0 Å². The van der Waals surface area contributed by atoms with Gasteiger partial charge in [0.2, 0.25) is 5.91 Å². The summed E-state index contributed by atoms with van der Waals surface area (Å²) >= 11 is 0. The summed E-state index contributed by atoms with van der Waals surface area (Å²) in [6, 6.07) is 0.606. The number of hydrogen-bond acceptors (Lipinski definition) is 2. The third-order valence-corrected chi connectivity index (χ3v) is 3.06. The van der Waals surface area contributed by atoms with Crippen molar-refractivity contribution in [1.29, 1.82) is 0 Å². The fourth-order valence-corrected chi connectivity index (χ4v) is 1.75. The van der Waals surface area contributed by atoms with E-state index in [-0.39, 0.29) is 18.0 Å². The number of amides is 1. The smallest absolute Gasteiger partial charge is 0.237 e. The molecule has 0 saturated heterocycles. The van der Waals surface area contributed by atoms with Crippen molar-refractivity contribution in [1.82, 2.24) is 10.2 Å². The maximum atomic E-state index is 12.2. The van der Waals surface area contributed by atoms with Crippen LogP contribution in [0.15, 0.2) is 0 Å². The fourth-order valence-electron chi connectivity index (χ4n) is 1.75. The summed E-state index contributed by atoms with van der Waals surface area (Å²) < 4.78 is 0. The minimum absolute atomic E-state index is 0.000185. The molecular formula is C14H30N2O. The van der Waals surface area contributed by atoms with Gasteiger partial charge in [-0.05, 0) is 53.5 Å². The maximum absolute atomic E-state index is 12.2. The normalized spacial score (nSPS) is 13.8. The molecule has 0 rings (SSSR count). The number of nitrogens with zero attached hydrogens (tertiary/aromatic N) is 1. The van der Waals surface area contributed by atoms with Crippen LogP contribution in [0.5, 0.6) is 0 Å². The van der Waals surface area contributed by atoms with Crippen molar-refractivity contribution < 1.29 is 4.79 Å². The van der Waals surface area contributed by atoms with Gasteiger partial charge in [0.15, 0.2) is 0 Å². The molecular weight excluding hydrogens is 212 g/mol. The van der Waals surface area contributed by atoms with Gasteiger partial charge in [-0.15, -0.1) is 0 Å². The van der Waals surface area contributed by atoms with E-state index in [1.807, 2.05) is 20.9 Å². The molecule has 17 heavy (non-hydrogen) atoms. The maximum Gasteiger partial charge on any atom is 0.237 e. The molecule has 0 aromatic carbocycles. The van der Waals surface area contributed by atoms with Crippen LogP contribution in [0.25, 0.3) is 0 Å². The molecule has 0 saturated carbocycles. The van der Waals surface area contributed by atoms with Gasteiger partial charge in [0.1, 0.15) is 0 Å². The molecule has 1 atom stereocenters. The molecule has 0 radical (unpaired) electrons. The van der Waals surface area contributed by atoms with Crippen molar-refractivity contribution in [2.24, 2.45) is 5.92 Å². The third kappa shape index (κ3) is 6.67. The summed E-state index contributed by atoms with van der Waals surface area (Å²) in [6.45, 7) is 12.7. The molecule has 0 aliphatic carbocycles. The van der Waals surface area contributed by atoms with Crippen LogP contribution >= 0.6 is 0 Å². The Bertz CT molecular complexity index is 224. The first-order valence-corrected chi connectivity index (χ1v) is 6.78. The van der Waals surface area contributed by atoms with E-state index in [0.29, 0.717) is 12.0 Å². The molecule has 3 heteroatoms. The van der Waals surface area contributed by atoms with Crippen LogP contribution in [0.3, 0.4) is 0 Å². The van der Waals surface area contributed by atoms with Crippen molar-refractivity contribution in [2.45, 2.75) is 72.5 Å². The van der Waals surface area contributed by atoms with Gasteiger partial charge < -0.3 is 5.32 Å². The van der Waals surface area contributed by atoms with Gasteiger partial charge in [-0.1, -0.05) is 13.8 Å². The van der Waals surface area contributed by atoms with E-state index in [1.165, 1.54) is 0 Å². The largest absolute Gasteiger partial charge is 0.353 e. The van der Waals surface area contributed by atoms with Gasteiger partial charge in [0.05, 0.1) is 6.04 Å². The Kier molecular flexibility index (Phi) is 7.44. The number of likely N-dealkylation sites (N-methyl/N-ethyl adjacent to an activating group) is 1. The van der Waals surface area contributed by atoms with E-state index >= 15 is 0 Å². The van der Waals surface area contributed by atoms with Gasteiger partial charge in [0.25, 0.3) is 0 Å². The zero-order valence-corrected chi connectivity index (χ0v) is 12.6. The summed E-state index contributed by atoms with van der Waals surface area (Å²) in [6.07, 6.45) is 2.03. The molecule has 0 fully saturated rings. The lowest BCUT2D eigenvalue weighted by molar-refractivity contribution is -0.127. The first-order valence-electron chi connectivity index (χ1n) is 6.78. The molecule has 0 spiro atoms. The topological polar surface area (TPSA) is 32.3 Å². The lowest BCUT2D eigenvalue weighted by Gasteiger charge is -2.31. The van der Waals surface area contributed by atoms with Crippen LogP contribution in [-0.2, 0) is 4.79 Å². The van der Waals surface area contributed by atoms with Crippen molar-refractivity contribution in [2.75, 3.05) is 7.05 Å². The van der Waals surface area contributed by atoms with Crippen LogP contribution in [0.2, 0.25) is 0 Å². The fraction of sp³-hybridized carbons (Fsp3) is 0.929. The Morgan fingerprint density at radius 2 is 1.59 bits per heavy atom. The molecule has 3 nitrogen and oxygen atoms in total. The van der Waals surface area contributed by atoms with Crippen molar-refractivity contribution >= 4 is 5.91 Å². The minimum Gasteiger partial charge on any atom is -0.353 e. The van der Waals surface area contributed by atoms with Crippen LogP contribution < -0.4 is 5.32 Å². The first-order chi connectivity index (χ1) is 7.75. The highest BCUT2D eigenvalue weighted by molar-refractivity contribution is 5.81. The Balaban J connectivity index is 4.54. The van der Waals surface area contributed by atoms with Crippen LogP contribution in [0.1, 0.15) is 54.4 Å². The highest BCUT2D eigenvalue weighted by Gasteiger charge is 2.25. The van der Waals surface area contributed by atoms with Gasteiger partial charge in [0, 0.05) is 12.1 Å². The number of rotatable bonds is 7. The van der Waals surface area contributed by atoms with E-state index in [2.05, 4.69) is 37.9 Å². The Labute approximate surface area is 107 Å². The van der Waals surface area contributed by atoms with Gasteiger partial charge in [-0.3, -0.25) is 9.69 Å². The average Bonchev–Trinajstić information content (AvgIpc) is 2.15. The first kappa shape index (κ1) is 16.4. The highest BCUT2D eigenvalue weighted by Crippen LogP contribution is 2.13. The molecule has 0 aromatic rings.